The zero-order chi connectivity index (χ0) is 14.5. The van der Waals surface area contributed by atoms with Gasteiger partial charge < -0.3 is 20.9 Å². The van der Waals surface area contributed by atoms with E-state index in [-0.39, 0.29) is 25.8 Å². The molecule has 7 heteroatoms. The third kappa shape index (κ3) is 1.81. The fourth-order valence-corrected chi connectivity index (χ4v) is 5.35. The van der Waals surface area contributed by atoms with Gasteiger partial charge in [-0.3, -0.25) is 0 Å². The summed E-state index contributed by atoms with van der Waals surface area (Å²) in [6, 6.07) is 5.49. The van der Waals surface area contributed by atoms with Crippen molar-refractivity contribution < 1.29 is 17.9 Å². The number of ether oxygens (including phenoxy) is 2. The summed E-state index contributed by atoms with van der Waals surface area (Å²) in [4.78, 5) is 0. The van der Waals surface area contributed by atoms with Gasteiger partial charge in [0.1, 0.15) is 0 Å². The SMILES string of the molecule is CS(=O)(=O)C1C(c2ccc3c(c2)OCO3)C1(CN)CN. The van der Waals surface area contributed by atoms with E-state index in [1.54, 1.807) is 6.07 Å². The smallest absolute Gasteiger partial charge is 0.231 e. The molecule has 2 unspecified atom stereocenters. The van der Waals surface area contributed by atoms with Gasteiger partial charge in [-0.05, 0) is 17.7 Å². The van der Waals surface area contributed by atoms with Crippen molar-refractivity contribution >= 4 is 9.84 Å². The maximum Gasteiger partial charge on any atom is 0.231 e. The standard InChI is InChI=1S/C13H18N2O4S/c1-20(16,17)12-11(13(12,5-14)6-15)8-2-3-9-10(4-8)19-7-18-9/h2-4,11-12H,5-7,14-15H2,1H3. The van der Waals surface area contributed by atoms with Crippen molar-refractivity contribution in [3.8, 4) is 11.5 Å². The topological polar surface area (TPSA) is 105 Å². The van der Waals surface area contributed by atoms with Crippen LogP contribution in [-0.4, -0.2) is 39.8 Å². The Labute approximate surface area is 118 Å². The molecule has 0 aromatic heterocycles. The average Bonchev–Trinajstić information content (AvgIpc) is 2.89. The second-order valence-electron chi connectivity index (χ2n) is 5.48. The van der Waals surface area contributed by atoms with Gasteiger partial charge in [-0.2, -0.15) is 0 Å². The number of sulfone groups is 1. The molecule has 2 aliphatic rings. The summed E-state index contributed by atoms with van der Waals surface area (Å²) < 4.78 is 34.6. The van der Waals surface area contributed by atoms with Gasteiger partial charge in [0.15, 0.2) is 21.3 Å². The summed E-state index contributed by atoms with van der Waals surface area (Å²) in [5.74, 6) is 1.14. The Morgan fingerprint density at radius 3 is 2.45 bits per heavy atom. The second kappa shape index (κ2) is 4.34. The lowest BCUT2D eigenvalue weighted by Gasteiger charge is -2.12. The Morgan fingerprint density at radius 2 is 1.90 bits per heavy atom. The van der Waals surface area contributed by atoms with E-state index in [4.69, 9.17) is 20.9 Å². The Morgan fingerprint density at radius 1 is 1.25 bits per heavy atom. The van der Waals surface area contributed by atoms with Gasteiger partial charge in [-0.25, -0.2) is 8.42 Å². The molecule has 4 N–H and O–H groups in total. The van der Waals surface area contributed by atoms with Crippen molar-refractivity contribution in [1.82, 2.24) is 0 Å². The first-order chi connectivity index (χ1) is 9.44. The first-order valence-electron chi connectivity index (χ1n) is 6.42. The molecule has 1 aromatic carbocycles. The molecule has 1 fully saturated rings. The highest BCUT2D eigenvalue weighted by Crippen LogP contribution is 2.62. The average molecular weight is 298 g/mol. The largest absolute Gasteiger partial charge is 0.454 e. The van der Waals surface area contributed by atoms with Gasteiger partial charge in [-0.15, -0.1) is 0 Å². The van der Waals surface area contributed by atoms with Crippen LogP contribution in [0, 0.1) is 5.41 Å². The van der Waals surface area contributed by atoms with Crippen LogP contribution < -0.4 is 20.9 Å². The Balaban J connectivity index is 2.01. The van der Waals surface area contributed by atoms with Crippen LogP contribution >= 0.6 is 0 Å². The molecule has 6 nitrogen and oxygen atoms in total. The quantitative estimate of drug-likeness (QED) is 0.799. The summed E-state index contributed by atoms with van der Waals surface area (Å²) in [6.45, 7) is 0.693. The third-order valence-corrected chi connectivity index (χ3v) is 6.02. The molecule has 3 rings (SSSR count). The summed E-state index contributed by atoms with van der Waals surface area (Å²) in [5.41, 5.74) is 11.9. The monoisotopic (exact) mass is 298 g/mol. The zero-order valence-electron chi connectivity index (χ0n) is 11.2. The van der Waals surface area contributed by atoms with Gasteiger partial charge in [0.2, 0.25) is 6.79 Å². The van der Waals surface area contributed by atoms with Crippen molar-refractivity contribution in [3.63, 3.8) is 0 Å². The van der Waals surface area contributed by atoms with Crippen LogP contribution in [0.5, 0.6) is 11.5 Å². The first kappa shape index (κ1) is 13.7. The van der Waals surface area contributed by atoms with Crippen LogP contribution in [0.3, 0.4) is 0 Å². The van der Waals surface area contributed by atoms with Crippen LogP contribution in [-0.2, 0) is 9.84 Å². The maximum atomic E-state index is 12.0. The first-order valence-corrected chi connectivity index (χ1v) is 8.38. The summed E-state index contributed by atoms with van der Waals surface area (Å²) >= 11 is 0. The third-order valence-electron chi connectivity index (χ3n) is 4.36. The number of hydrogen-bond donors (Lipinski definition) is 2. The lowest BCUT2D eigenvalue weighted by atomic mass is 9.99. The van der Waals surface area contributed by atoms with Crippen LogP contribution in [0.4, 0.5) is 0 Å². The van der Waals surface area contributed by atoms with E-state index >= 15 is 0 Å². The van der Waals surface area contributed by atoms with Gasteiger partial charge >= 0.3 is 0 Å². The summed E-state index contributed by atoms with van der Waals surface area (Å²) in [7, 11) is -3.20. The molecule has 20 heavy (non-hydrogen) atoms. The normalized spacial score (nSPS) is 26.6. The Bertz CT molecular complexity index is 640. The molecule has 1 saturated carbocycles. The van der Waals surface area contributed by atoms with Crippen molar-refractivity contribution in [1.29, 1.82) is 0 Å². The van der Waals surface area contributed by atoms with E-state index in [0.29, 0.717) is 11.5 Å². The molecule has 1 aromatic rings. The number of nitrogens with two attached hydrogens (primary N) is 2. The molecule has 1 heterocycles. The predicted molar refractivity (Wildman–Crippen MR) is 74.5 cm³/mol. The van der Waals surface area contributed by atoms with Gasteiger partial charge in [0.25, 0.3) is 0 Å². The fourth-order valence-electron chi connectivity index (χ4n) is 3.31. The van der Waals surface area contributed by atoms with Gasteiger partial charge in [-0.1, -0.05) is 6.07 Å². The molecular formula is C13H18N2O4S. The van der Waals surface area contributed by atoms with Crippen molar-refractivity contribution in [2.45, 2.75) is 11.2 Å². The number of hydrogen-bond acceptors (Lipinski definition) is 6. The predicted octanol–water partition coefficient (Wildman–Crippen LogP) is -0.170. The van der Waals surface area contributed by atoms with Gasteiger partial charge in [0, 0.05) is 30.7 Å². The van der Waals surface area contributed by atoms with E-state index in [9.17, 15) is 8.42 Å². The van der Waals surface area contributed by atoms with E-state index in [2.05, 4.69) is 0 Å². The molecule has 0 radical (unpaired) electrons. The Kier molecular flexibility index (Phi) is 2.97. The van der Waals surface area contributed by atoms with Gasteiger partial charge in [0.05, 0.1) is 5.25 Å². The lowest BCUT2D eigenvalue weighted by Crippen LogP contribution is -2.31. The van der Waals surface area contributed by atoms with Crippen LogP contribution in [0.25, 0.3) is 0 Å². The molecule has 110 valence electrons. The number of benzene rings is 1. The van der Waals surface area contributed by atoms with Crippen molar-refractivity contribution in [2.75, 3.05) is 26.1 Å². The molecule has 0 amide bonds. The van der Waals surface area contributed by atoms with E-state index < -0.39 is 20.5 Å². The minimum Gasteiger partial charge on any atom is -0.454 e. The molecule has 0 bridgehead atoms. The van der Waals surface area contributed by atoms with Crippen LogP contribution in [0.1, 0.15) is 11.5 Å². The fraction of sp³-hybridized carbons (Fsp3) is 0.538. The Hall–Kier alpha value is -1.31. The van der Waals surface area contributed by atoms with Crippen molar-refractivity contribution in [2.24, 2.45) is 16.9 Å². The maximum absolute atomic E-state index is 12.0. The molecule has 2 atom stereocenters. The van der Waals surface area contributed by atoms with Crippen molar-refractivity contribution in [3.05, 3.63) is 23.8 Å². The molecule has 1 aliphatic carbocycles. The van der Waals surface area contributed by atoms with Crippen LogP contribution in [0.2, 0.25) is 0 Å². The summed E-state index contributed by atoms with van der Waals surface area (Å²) in [6.07, 6.45) is 1.24. The second-order valence-corrected chi connectivity index (χ2v) is 7.65. The van der Waals surface area contributed by atoms with Crippen LogP contribution in [0.15, 0.2) is 18.2 Å². The minimum atomic E-state index is -3.20. The number of rotatable bonds is 4. The highest BCUT2D eigenvalue weighted by atomic mass is 32.2. The molecule has 0 saturated heterocycles. The van der Waals surface area contributed by atoms with E-state index in [1.807, 2.05) is 12.1 Å². The molecule has 0 spiro atoms. The zero-order valence-corrected chi connectivity index (χ0v) is 12.0. The summed E-state index contributed by atoms with van der Waals surface area (Å²) in [5, 5.41) is -0.523. The van der Waals surface area contributed by atoms with E-state index in [1.165, 1.54) is 6.26 Å². The molecular weight excluding hydrogens is 280 g/mol. The molecule has 1 aliphatic heterocycles. The highest BCUT2D eigenvalue weighted by molar-refractivity contribution is 7.91. The lowest BCUT2D eigenvalue weighted by molar-refractivity contribution is 0.174. The highest BCUT2D eigenvalue weighted by Gasteiger charge is 2.68. The number of fused-ring (bicyclic) bond motifs is 1. The van der Waals surface area contributed by atoms with E-state index in [0.717, 1.165) is 5.56 Å². The minimum absolute atomic E-state index is 0.179.